The number of ether oxygens (including phenoxy) is 1. The van der Waals surface area contributed by atoms with E-state index in [4.69, 9.17) is 4.74 Å². The molecule has 1 fully saturated rings. The van der Waals surface area contributed by atoms with Crippen LogP contribution in [0.2, 0.25) is 0 Å². The van der Waals surface area contributed by atoms with E-state index in [-0.39, 0.29) is 38.7 Å². The highest BCUT2D eigenvalue weighted by atomic mass is 32.2. The maximum atomic E-state index is 13.2. The molecule has 2 rings (SSSR count). The van der Waals surface area contributed by atoms with Gasteiger partial charge in [-0.2, -0.15) is 4.31 Å². The number of allylic oxidation sites excluding steroid dienone is 1. The van der Waals surface area contributed by atoms with Gasteiger partial charge in [-0.05, 0) is 56.9 Å². The van der Waals surface area contributed by atoms with E-state index in [0.717, 1.165) is 22.3 Å². The zero-order valence-electron chi connectivity index (χ0n) is 17.1. The molecule has 0 bridgehead atoms. The topological polar surface area (TPSA) is 84.0 Å². The van der Waals surface area contributed by atoms with E-state index in [1.54, 1.807) is 6.92 Å². The number of rotatable bonds is 5. The molecular formula is C20H28N2O5S. The van der Waals surface area contributed by atoms with E-state index < -0.39 is 16.0 Å². The molecule has 0 N–H and O–H groups in total. The van der Waals surface area contributed by atoms with E-state index in [1.165, 1.54) is 21.4 Å². The van der Waals surface area contributed by atoms with Crippen molar-refractivity contribution >= 4 is 21.9 Å². The van der Waals surface area contributed by atoms with Gasteiger partial charge in [0.05, 0.1) is 4.90 Å². The first-order valence-electron chi connectivity index (χ1n) is 9.24. The highest BCUT2D eigenvalue weighted by molar-refractivity contribution is 7.89. The fourth-order valence-corrected chi connectivity index (χ4v) is 5.28. The van der Waals surface area contributed by atoms with Crippen LogP contribution in [-0.2, 0) is 24.3 Å². The summed E-state index contributed by atoms with van der Waals surface area (Å²) in [6.07, 6.45) is 2.78. The van der Waals surface area contributed by atoms with Crippen molar-refractivity contribution in [3.05, 3.63) is 40.5 Å². The van der Waals surface area contributed by atoms with Crippen molar-refractivity contribution in [3.8, 4) is 0 Å². The lowest BCUT2D eigenvalue weighted by molar-refractivity contribution is -0.148. The fourth-order valence-electron chi connectivity index (χ4n) is 3.28. The maximum Gasteiger partial charge on any atom is 0.330 e. The fraction of sp³-hybridized carbons (Fsp3) is 0.500. The van der Waals surface area contributed by atoms with E-state index in [0.29, 0.717) is 4.90 Å². The molecule has 1 aliphatic rings. The molecule has 1 aromatic carbocycles. The molecule has 0 saturated carbocycles. The molecule has 0 atom stereocenters. The number of piperazine rings is 1. The van der Waals surface area contributed by atoms with Gasteiger partial charge in [0.1, 0.15) is 0 Å². The van der Waals surface area contributed by atoms with Crippen molar-refractivity contribution in [2.75, 3.05) is 32.8 Å². The van der Waals surface area contributed by atoms with Gasteiger partial charge in [0.25, 0.3) is 5.91 Å². The number of carbonyl (C=O) groups is 2. The number of sulfonamides is 1. The summed E-state index contributed by atoms with van der Waals surface area (Å²) in [5, 5.41) is 0. The lowest BCUT2D eigenvalue weighted by atomic mass is 10.0. The van der Waals surface area contributed by atoms with Gasteiger partial charge in [0, 0.05) is 32.3 Å². The van der Waals surface area contributed by atoms with Crippen molar-refractivity contribution in [1.29, 1.82) is 0 Å². The monoisotopic (exact) mass is 408 g/mol. The normalized spacial score (nSPS) is 15.8. The van der Waals surface area contributed by atoms with E-state index in [2.05, 4.69) is 0 Å². The Morgan fingerprint density at radius 2 is 1.57 bits per heavy atom. The van der Waals surface area contributed by atoms with Crippen LogP contribution in [0.4, 0.5) is 0 Å². The number of benzene rings is 1. The Morgan fingerprint density at radius 1 is 1.04 bits per heavy atom. The Balaban J connectivity index is 2.09. The lowest BCUT2D eigenvalue weighted by Crippen LogP contribution is -2.51. The van der Waals surface area contributed by atoms with Crippen LogP contribution in [0.15, 0.2) is 23.1 Å². The minimum Gasteiger partial charge on any atom is -0.452 e. The van der Waals surface area contributed by atoms with Crippen LogP contribution >= 0.6 is 0 Å². The molecule has 7 nitrogen and oxygen atoms in total. The lowest BCUT2D eigenvalue weighted by Gasteiger charge is -2.34. The molecule has 0 radical (unpaired) electrons. The van der Waals surface area contributed by atoms with Crippen molar-refractivity contribution in [3.63, 3.8) is 0 Å². The molecule has 1 saturated heterocycles. The van der Waals surface area contributed by atoms with Crippen LogP contribution in [0.5, 0.6) is 0 Å². The Bertz CT molecular complexity index is 871. The quantitative estimate of drug-likeness (QED) is 0.549. The second-order valence-corrected chi connectivity index (χ2v) is 8.86. The Labute approximate surface area is 167 Å². The number of hydrogen-bond acceptors (Lipinski definition) is 5. The predicted molar refractivity (Wildman–Crippen MR) is 107 cm³/mol. The molecule has 1 amide bonds. The van der Waals surface area contributed by atoms with Crippen LogP contribution < -0.4 is 0 Å². The highest BCUT2D eigenvalue weighted by Crippen LogP contribution is 2.29. The molecule has 1 aliphatic heterocycles. The van der Waals surface area contributed by atoms with Gasteiger partial charge in [0.2, 0.25) is 10.0 Å². The standard InChI is InChI=1S/C20H28N2O5S/c1-6-7-19(24)27-13-18(23)21-8-10-22(11-9-21)28(25,26)20-16(4)14(2)12-15(3)17(20)5/h6-7,12H,8-11,13H2,1-5H3/b7-6+. The van der Waals surface area contributed by atoms with E-state index in [1.807, 2.05) is 33.8 Å². The van der Waals surface area contributed by atoms with Crippen LogP contribution in [0.3, 0.4) is 0 Å². The van der Waals surface area contributed by atoms with Gasteiger partial charge in [0.15, 0.2) is 6.61 Å². The third-order valence-corrected chi connectivity index (χ3v) is 7.30. The number of aryl methyl sites for hydroxylation is 2. The zero-order valence-corrected chi connectivity index (χ0v) is 17.9. The molecule has 0 aromatic heterocycles. The van der Waals surface area contributed by atoms with Crippen LogP contribution in [-0.4, -0.2) is 62.3 Å². The number of esters is 1. The largest absolute Gasteiger partial charge is 0.452 e. The summed E-state index contributed by atoms with van der Waals surface area (Å²) >= 11 is 0. The number of nitrogens with zero attached hydrogens (tertiary/aromatic N) is 2. The summed E-state index contributed by atoms with van der Waals surface area (Å²) in [7, 11) is -3.65. The molecule has 28 heavy (non-hydrogen) atoms. The smallest absolute Gasteiger partial charge is 0.330 e. The van der Waals surface area contributed by atoms with Gasteiger partial charge >= 0.3 is 5.97 Å². The van der Waals surface area contributed by atoms with Crippen molar-refractivity contribution in [1.82, 2.24) is 9.21 Å². The number of amides is 1. The highest BCUT2D eigenvalue weighted by Gasteiger charge is 2.33. The summed E-state index contributed by atoms with van der Waals surface area (Å²) in [5.41, 5.74) is 3.41. The van der Waals surface area contributed by atoms with E-state index >= 15 is 0 Å². The number of hydrogen-bond donors (Lipinski definition) is 0. The molecule has 0 spiro atoms. The summed E-state index contributed by atoms with van der Waals surface area (Å²) in [6, 6.07) is 2.00. The molecule has 154 valence electrons. The van der Waals surface area contributed by atoms with Gasteiger partial charge < -0.3 is 9.64 Å². The first-order chi connectivity index (χ1) is 13.1. The molecule has 0 aliphatic carbocycles. The zero-order chi connectivity index (χ0) is 21.1. The molecule has 1 aromatic rings. The first-order valence-corrected chi connectivity index (χ1v) is 10.7. The van der Waals surface area contributed by atoms with Gasteiger partial charge in [-0.1, -0.05) is 12.1 Å². The Morgan fingerprint density at radius 3 is 2.07 bits per heavy atom. The van der Waals surface area contributed by atoms with Gasteiger partial charge in [-0.25, -0.2) is 13.2 Å². The second-order valence-electron chi connectivity index (χ2n) is 6.98. The van der Waals surface area contributed by atoms with Crippen molar-refractivity contribution in [2.24, 2.45) is 0 Å². The SMILES string of the molecule is C/C=C/C(=O)OCC(=O)N1CCN(S(=O)(=O)c2c(C)c(C)cc(C)c2C)CC1. The summed E-state index contributed by atoms with van der Waals surface area (Å²) < 4.78 is 32.8. The molecule has 1 heterocycles. The summed E-state index contributed by atoms with van der Waals surface area (Å²) in [6.45, 7) is 9.77. The van der Waals surface area contributed by atoms with Gasteiger partial charge in [-0.3, -0.25) is 4.79 Å². The maximum absolute atomic E-state index is 13.2. The minimum absolute atomic E-state index is 0.211. The van der Waals surface area contributed by atoms with Crippen LogP contribution in [0.25, 0.3) is 0 Å². The van der Waals surface area contributed by atoms with E-state index in [9.17, 15) is 18.0 Å². The number of carbonyl (C=O) groups excluding carboxylic acids is 2. The summed E-state index contributed by atoms with van der Waals surface area (Å²) in [5.74, 6) is -0.897. The third kappa shape index (κ3) is 4.62. The van der Waals surface area contributed by atoms with Crippen LogP contribution in [0.1, 0.15) is 29.2 Å². The van der Waals surface area contributed by atoms with Crippen molar-refractivity contribution in [2.45, 2.75) is 39.5 Å². The second kappa shape index (κ2) is 8.87. The Hall–Kier alpha value is -2.19. The molecular weight excluding hydrogens is 380 g/mol. The minimum atomic E-state index is -3.65. The molecule has 8 heteroatoms. The average molecular weight is 409 g/mol. The predicted octanol–water partition coefficient (Wildman–Crippen LogP) is 1.87. The summed E-state index contributed by atoms with van der Waals surface area (Å²) in [4.78, 5) is 25.4. The third-order valence-electron chi connectivity index (χ3n) is 5.13. The average Bonchev–Trinajstić information content (AvgIpc) is 2.65. The van der Waals surface area contributed by atoms with Gasteiger partial charge in [-0.15, -0.1) is 0 Å². The first kappa shape index (κ1) is 22.1. The Kier molecular flexibility index (Phi) is 7.01. The van der Waals surface area contributed by atoms with Crippen LogP contribution in [0, 0.1) is 27.7 Å². The van der Waals surface area contributed by atoms with Crippen molar-refractivity contribution < 1.29 is 22.7 Å². The molecule has 0 unspecified atom stereocenters.